The van der Waals surface area contributed by atoms with Crippen molar-refractivity contribution in [1.29, 1.82) is 0 Å². The van der Waals surface area contributed by atoms with Crippen LogP contribution in [0.3, 0.4) is 0 Å². The predicted octanol–water partition coefficient (Wildman–Crippen LogP) is 3.04. The van der Waals surface area contributed by atoms with E-state index in [4.69, 9.17) is 17.3 Å². The molecule has 1 aromatic rings. The first kappa shape index (κ1) is 9.14. The molecule has 0 radical (unpaired) electrons. The molecule has 0 atom stereocenters. The SMILES string of the molecule is C=CCCc1cccc(Cl)c1N. The first-order valence-corrected chi connectivity index (χ1v) is 4.27. The molecule has 0 heterocycles. The van der Waals surface area contributed by atoms with Gasteiger partial charge in [-0.2, -0.15) is 0 Å². The van der Waals surface area contributed by atoms with Crippen molar-refractivity contribution in [3.63, 3.8) is 0 Å². The van der Waals surface area contributed by atoms with Gasteiger partial charge in [0, 0.05) is 0 Å². The fraction of sp³-hybridized carbons (Fsp3) is 0.200. The molecule has 2 N–H and O–H groups in total. The molecule has 0 amide bonds. The third-order valence-corrected chi connectivity index (χ3v) is 2.09. The molecule has 0 saturated carbocycles. The van der Waals surface area contributed by atoms with E-state index in [0.717, 1.165) is 18.4 Å². The van der Waals surface area contributed by atoms with Crippen molar-refractivity contribution in [3.8, 4) is 0 Å². The second-order valence-electron chi connectivity index (χ2n) is 2.64. The second kappa shape index (κ2) is 4.17. The highest BCUT2D eigenvalue weighted by molar-refractivity contribution is 6.33. The van der Waals surface area contributed by atoms with E-state index in [2.05, 4.69) is 6.58 Å². The van der Waals surface area contributed by atoms with Gasteiger partial charge in [0.1, 0.15) is 0 Å². The second-order valence-corrected chi connectivity index (χ2v) is 3.05. The summed E-state index contributed by atoms with van der Waals surface area (Å²) in [6.07, 6.45) is 3.72. The van der Waals surface area contributed by atoms with Crippen LogP contribution < -0.4 is 5.73 Å². The molecule has 0 aliphatic carbocycles. The smallest absolute Gasteiger partial charge is 0.0638 e. The number of hydrogen-bond donors (Lipinski definition) is 1. The third kappa shape index (κ3) is 2.02. The summed E-state index contributed by atoms with van der Waals surface area (Å²) in [4.78, 5) is 0. The van der Waals surface area contributed by atoms with Gasteiger partial charge in [0.2, 0.25) is 0 Å². The number of para-hydroxylation sites is 1. The Kier molecular flexibility index (Phi) is 3.18. The Morgan fingerprint density at radius 1 is 1.50 bits per heavy atom. The first-order valence-electron chi connectivity index (χ1n) is 3.89. The number of allylic oxidation sites excluding steroid dienone is 1. The quantitative estimate of drug-likeness (QED) is 0.563. The van der Waals surface area contributed by atoms with E-state index < -0.39 is 0 Å². The van der Waals surface area contributed by atoms with E-state index in [0.29, 0.717) is 10.7 Å². The number of nitrogens with two attached hydrogens (primary N) is 1. The molecule has 0 spiro atoms. The molecular formula is C10H12ClN. The van der Waals surface area contributed by atoms with Crippen molar-refractivity contribution in [2.24, 2.45) is 0 Å². The van der Waals surface area contributed by atoms with Crippen molar-refractivity contribution in [2.45, 2.75) is 12.8 Å². The Labute approximate surface area is 77.8 Å². The Hall–Kier alpha value is -0.950. The molecule has 12 heavy (non-hydrogen) atoms. The van der Waals surface area contributed by atoms with Crippen LogP contribution in [0.15, 0.2) is 30.9 Å². The van der Waals surface area contributed by atoms with E-state index in [1.54, 1.807) is 6.07 Å². The summed E-state index contributed by atoms with van der Waals surface area (Å²) < 4.78 is 0. The minimum Gasteiger partial charge on any atom is -0.397 e. The zero-order chi connectivity index (χ0) is 8.97. The van der Waals surface area contributed by atoms with Crippen LogP contribution in [-0.4, -0.2) is 0 Å². The number of aryl methyl sites for hydroxylation is 1. The van der Waals surface area contributed by atoms with Crippen LogP contribution in [0.5, 0.6) is 0 Å². The van der Waals surface area contributed by atoms with E-state index in [9.17, 15) is 0 Å². The lowest BCUT2D eigenvalue weighted by Gasteiger charge is -2.04. The maximum absolute atomic E-state index is 5.84. The first-order chi connectivity index (χ1) is 5.75. The van der Waals surface area contributed by atoms with Crippen molar-refractivity contribution in [3.05, 3.63) is 41.4 Å². The lowest BCUT2D eigenvalue weighted by molar-refractivity contribution is 1.01. The molecule has 0 saturated heterocycles. The molecule has 0 fully saturated rings. The van der Waals surface area contributed by atoms with Crippen LogP contribution >= 0.6 is 11.6 Å². The van der Waals surface area contributed by atoms with Crippen molar-refractivity contribution >= 4 is 17.3 Å². The molecular weight excluding hydrogens is 170 g/mol. The maximum Gasteiger partial charge on any atom is 0.0638 e. The van der Waals surface area contributed by atoms with Crippen molar-refractivity contribution in [2.75, 3.05) is 5.73 Å². The summed E-state index contributed by atoms with van der Waals surface area (Å²) >= 11 is 5.84. The van der Waals surface area contributed by atoms with Gasteiger partial charge in [-0.05, 0) is 24.5 Å². The number of rotatable bonds is 3. The van der Waals surface area contributed by atoms with Crippen LogP contribution in [0.1, 0.15) is 12.0 Å². The van der Waals surface area contributed by atoms with Crippen molar-refractivity contribution < 1.29 is 0 Å². The molecule has 2 heteroatoms. The van der Waals surface area contributed by atoms with Crippen LogP contribution in [0, 0.1) is 0 Å². The van der Waals surface area contributed by atoms with Crippen molar-refractivity contribution in [1.82, 2.24) is 0 Å². The van der Waals surface area contributed by atoms with E-state index in [1.807, 2.05) is 18.2 Å². The molecule has 0 aromatic heterocycles. The topological polar surface area (TPSA) is 26.0 Å². The van der Waals surface area contributed by atoms with E-state index in [-0.39, 0.29) is 0 Å². The zero-order valence-electron chi connectivity index (χ0n) is 6.89. The van der Waals surface area contributed by atoms with Gasteiger partial charge in [-0.1, -0.05) is 29.8 Å². The standard InChI is InChI=1S/C10H12ClN/c1-2-3-5-8-6-4-7-9(11)10(8)12/h2,4,6-7H,1,3,5,12H2. The van der Waals surface area contributed by atoms with Gasteiger partial charge in [-0.3, -0.25) is 0 Å². The number of nitrogen functional groups attached to an aromatic ring is 1. The number of anilines is 1. The van der Waals surface area contributed by atoms with Crippen LogP contribution in [-0.2, 0) is 6.42 Å². The van der Waals surface area contributed by atoms with E-state index >= 15 is 0 Å². The lowest BCUT2D eigenvalue weighted by atomic mass is 10.1. The van der Waals surface area contributed by atoms with Crippen LogP contribution in [0.4, 0.5) is 5.69 Å². The Bertz CT molecular complexity index is 281. The lowest BCUT2D eigenvalue weighted by Crippen LogP contribution is -1.94. The molecule has 64 valence electrons. The molecule has 0 aliphatic rings. The minimum absolute atomic E-state index is 0.636. The summed E-state index contributed by atoms with van der Waals surface area (Å²) in [6.45, 7) is 3.65. The van der Waals surface area contributed by atoms with Gasteiger partial charge in [0.05, 0.1) is 10.7 Å². The summed E-state index contributed by atoms with van der Waals surface area (Å²) in [5.41, 5.74) is 7.55. The number of halogens is 1. The highest BCUT2D eigenvalue weighted by Gasteiger charge is 2.00. The van der Waals surface area contributed by atoms with E-state index in [1.165, 1.54) is 0 Å². The Balaban J connectivity index is 2.84. The molecule has 0 aliphatic heterocycles. The number of benzene rings is 1. The van der Waals surface area contributed by atoms with Gasteiger partial charge < -0.3 is 5.73 Å². The summed E-state index contributed by atoms with van der Waals surface area (Å²) in [5.74, 6) is 0. The fourth-order valence-corrected chi connectivity index (χ4v) is 1.25. The van der Waals surface area contributed by atoms with Crippen LogP contribution in [0.25, 0.3) is 0 Å². The monoisotopic (exact) mass is 181 g/mol. The van der Waals surface area contributed by atoms with Gasteiger partial charge in [-0.15, -0.1) is 6.58 Å². The molecule has 1 nitrogen and oxygen atoms in total. The largest absolute Gasteiger partial charge is 0.397 e. The van der Waals surface area contributed by atoms with Gasteiger partial charge in [0.15, 0.2) is 0 Å². The molecule has 0 unspecified atom stereocenters. The predicted molar refractivity (Wildman–Crippen MR) is 54.4 cm³/mol. The molecule has 1 rings (SSSR count). The zero-order valence-corrected chi connectivity index (χ0v) is 7.64. The average Bonchev–Trinajstić information content (AvgIpc) is 2.08. The number of hydrogen-bond acceptors (Lipinski definition) is 1. The molecule has 0 bridgehead atoms. The summed E-state index contributed by atoms with van der Waals surface area (Å²) in [5, 5.41) is 0.636. The van der Waals surface area contributed by atoms with Gasteiger partial charge >= 0.3 is 0 Å². The highest BCUT2D eigenvalue weighted by atomic mass is 35.5. The normalized spacial score (nSPS) is 9.75. The Morgan fingerprint density at radius 3 is 2.92 bits per heavy atom. The minimum atomic E-state index is 0.636. The summed E-state index contributed by atoms with van der Waals surface area (Å²) in [7, 11) is 0. The van der Waals surface area contributed by atoms with Crippen LogP contribution in [0.2, 0.25) is 5.02 Å². The fourth-order valence-electron chi connectivity index (χ4n) is 1.06. The molecule has 1 aromatic carbocycles. The van der Waals surface area contributed by atoms with Gasteiger partial charge in [0.25, 0.3) is 0 Å². The highest BCUT2D eigenvalue weighted by Crippen LogP contribution is 2.23. The summed E-state index contributed by atoms with van der Waals surface area (Å²) in [6, 6.07) is 5.70. The van der Waals surface area contributed by atoms with Gasteiger partial charge in [-0.25, -0.2) is 0 Å². The third-order valence-electron chi connectivity index (χ3n) is 1.76. The Morgan fingerprint density at radius 2 is 2.25 bits per heavy atom. The maximum atomic E-state index is 5.84. The average molecular weight is 182 g/mol.